The molecule has 1 aliphatic carbocycles. The van der Waals surface area contributed by atoms with Crippen LogP contribution < -0.4 is 9.47 Å². The summed E-state index contributed by atoms with van der Waals surface area (Å²) >= 11 is 0. The number of aliphatic hydroxyl groups is 1. The number of methoxy groups -OCH3 is 2. The molecule has 1 fully saturated rings. The molecule has 1 atom stereocenters. The topological polar surface area (TPSA) is 38.7 Å². The van der Waals surface area contributed by atoms with Crippen molar-refractivity contribution in [3.63, 3.8) is 0 Å². The van der Waals surface area contributed by atoms with E-state index in [2.05, 4.69) is 0 Å². The minimum Gasteiger partial charge on any atom is -0.493 e. The molecular weight excluding hydrogens is 264 g/mol. The number of rotatable bonds is 6. The molecule has 1 aromatic carbocycles. The molecule has 0 saturated heterocycles. The van der Waals surface area contributed by atoms with Crippen LogP contribution in [0.3, 0.4) is 0 Å². The Morgan fingerprint density at radius 3 is 2.33 bits per heavy atom. The third-order valence-electron chi connectivity index (χ3n) is 4.70. The largest absolute Gasteiger partial charge is 0.493 e. The smallest absolute Gasteiger partial charge is 0.161 e. The Kier molecular flexibility index (Phi) is 5.92. The van der Waals surface area contributed by atoms with Gasteiger partial charge in [-0.3, -0.25) is 0 Å². The summed E-state index contributed by atoms with van der Waals surface area (Å²) in [6.07, 6.45) is 8.30. The number of aryl methyl sites for hydroxylation is 1. The Bertz CT molecular complexity index is 450. The highest BCUT2D eigenvalue weighted by molar-refractivity contribution is 5.47. The molecule has 0 amide bonds. The molecule has 1 unspecified atom stereocenters. The summed E-state index contributed by atoms with van der Waals surface area (Å²) in [6.45, 7) is 2.02. The maximum Gasteiger partial charge on any atom is 0.161 e. The summed E-state index contributed by atoms with van der Waals surface area (Å²) in [5.74, 6) is 2.21. The molecule has 0 radical (unpaired) electrons. The van der Waals surface area contributed by atoms with Crippen molar-refractivity contribution in [3.8, 4) is 11.5 Å². The minimum atomic E-state index is -0.410. The van der Waals surface area contributed by atoms with Crippen LogP contribution in [0, 0.1) is 12.8 Å². The molecule has 0 heterocycles. The van der Waals surface area contributed by atoms with Gasteiger partial charge in [0.1, 0.15) is 0 Å². The highest BCUT2D eigenvalue weighted by atomic mass is 16.5. The third kappa shape index (κ3) is 4.13. The van der Waals surface area contributed by atoms with Gasteiger partial charge < -0.3 is 14.6 Å². The van der Waals surface area contributed by atoms with Crippen LogP contribution in [-0.2, 0) is 0 Å². The molecule has 0 aromatic heterocycles. The van der Waals surface area contributed by atoms with Gasteiger partial charge in [-0.2, -0.15) is 0 Å². The van der Waals surface area contributed by atoms with Crippen molar-refractivity contribution >= 4 is 0 Å². The van der Waals surface area contributed by atoms with E-state index in [0.29, 0.717) is 5.75 Å². The zero-order valence-corrected chi connectivity index (χ0v) is 13.5. The molecule has 0 aliphatic heterocycles. The molecule has 1 saturated carbocycles. The maximum absolute atomic E-state index is 10.5. The quantitative estimate of drug-likeness (QED) is 0.844. The Labute approximate surface area is 128 Å². The van der Waals surface area contributed by atoms with Crippen molar-refractivity contribution in [1.82, 2.24) is 0 Å². The summed E-state index contributed by atoms with van der Waals surface area (Å²) in [6, 6.07) is 3.86. The Balaban J connectivity index is 2.02. The lowest BCUT2D eigenvalue weighted by Gasteiger charge is -2.23. The summed E-state index contributed by atoms with van der Waals surface area (Å²) in [5, 5.41) is 10.5. The van der Waals surface area contributed by atoms with E-state index in [1.54, 1.807) is 14.2 Å². The van der Waals surface area contributed by atoms with Crippen molar-refractivity contribution in [2.45, 2.75) is 58.0 Å². The van der Waals surface area contributed by atoms with Crippen LogP contribution in [0.25, 0.3) is 0 Å². The Hall–Kier alpha value is -1.22. The molecular formula is C18H28O3. The fraction of sp³-hybridized carbons (Fsp3) is 0.667. The zero-order chi connectivity index (χ0) is 15.2. The van der Waals surface area contributed by atoms with Gasteiger partial charge in [0.15, 0.2) is 11.5 Å². The fourth-order valence-corrected chi connectivity index (χ4v) is 3.38. The molecule has 1 N–H and O–H groups in total. The number of hydrogen-bond donors (Lipinski definition) is 1. The van der Waals surface area contributed by atoms with E-state index >= 15 is 0 Å². The van der Waals surface area contributed by atoms with Gasteiger partial charge in [-0.25, -0.2) is 0 Å². The van der Waals surface area contributed by atoms with Gasteiger partial charge in [0.2, 0.25) is 0 Å². The molecule has 0 bridgehead atoms. The van der Waals surface area contributed by atoms with Crippen LogP contribution in [0.4, 0.5) is 0 Å². The molecule has 21 heavy (non-hydrogen) atoms. The summed E-state index contributed by atoms with van der Waals surface area (Å²) < 4.78 is 10.6. The molecule has 3 heteroatoms. The first-order valence-electron chi connectivity index (χ1n) is 8.06. The van der Waals surface area contributed by atoms with Gasteiger partial charge in [0.25, 0.3) is 0 Å². The summed E-state index contributed by atoms with van der Waals surface area (Å²) in [4.78, 5) is 0. The first kappa shape index (κ1) is 16.2. The normalized spacial score (nSPS) is 17.5. The molecule has 3 nitrogen and oxygen atoms in total. The van der Waals surface area contributed by atoms with Crippen LogP contribution in [0.15, 0.2) is 12.1 Å². The number of benzene rings is 1. The monoisotopic (exact) mass is 292 g/mol. The third-order valence-corrected chi connectivity index (χ3v) is 4.70. The second-order valence-corrected chi connectivity index (χ2v) is 6.16. The molecule has 1 aromatic rings. The van der Waals surface area contributed by atoms with Crippen LogP contribution in [0.2, 0.25) is 0 Å². The van der Waals surface area contributed by atoms with Crippen LogP contribution in [0.1, 0.15) is 62.2 Å². The van der Waals surface area contributed by atoms with Crippen molar-refractivity contribution in [2.75, 3.05) is 14.2 Å². The molecule has 1 aliphatic rings. The van der Waals surface area contributed by atoms with E-state index in [4.69, 9.17) is 9.47 Å². The average molecular weight is 292 g/mol. The Morgan fingerprint density at radius 1 is 1.10 bits per heavy atom. The lowest BCUT2D eigenvalue weighted by atomic mass is 9.84. The lowest BCUT2D eigenvalue weighted by molar-refractivity contribution is 0.150. The van der Waals surface area contributed by atoms with Gasteiger partial charge in [0.05, 0.1) is 20.3 Å². The van der Waals surface area contributed by atoms with E-state index in [1.165, 1.54) is 32.1 Å². The highest BCUT2D eigenvalue weighted by Gasteiger charge is 2.18. The van der Waals surface area contributed by atoms with Crippen molar-refractivity contribution in [1.29, 1.82) is 0 Å². The van der Waals surface area contributed by atoms with E-state index < -0.39 is 6.10 Å². The standard InChI is InChI=1S/C18H28O3/c1-13-11-17(20-2)18(21-3)12-15(13)16(19)10-9-14-7-5-4-6-8-14/h11-12,14,16,19H,4-10H2,1-3H3. The van der Waals surface area contributed by atoms with Crippen LogP contribution in [-0.4, -0.2) is 19.3 Å². The second-order valence-electron chi connectivity index (χ2n) is 6.16. The zero-order valence-electron chi connectivity index (χ0n) is 13.5. The van der Waals surface area contributed by atoms with Crippen molar-refractivity contribution in [2.24, 2.45) is 5.92 Å². The predicted octanol–water partition coefficient (Wildman–Crippen LogP) is 4.41. The molecule has 2 rings (SSSR count). The first-order chi connectivity index (χ1) is 10.2. The van der Waals surface area contributed by atoms with Gasteiger partial charge in [-0.05, 0) is 48.9 Å². The summed E-state index contributed by atoms with van der Waals surface area (Å²) in [5.41, 5.74) is 2.02. The van der Waals surface area contributed by atoms with E-state index in [0.717, 1.165) is 35.6 Å². The second kappa shape index (κ2) is 7.69. The highest BCUT2D eigenvalue weighted by Crippen LogP contribution is 2.36. The van der Waals surface area contributed by atoms with Crippen molar-refractivity contribution < 1.29 is 14.6 Å². The predicted molar refractivity (Wildman–Crippen MR) is 85.1 cm³/mol. The minimum absolute atomic E-state index is 0.410. The van der Waals surface area contributed by atoms with E-state index in [-0.39, 0.29) is 0 Å². The van der Waals surface area contributed by atoms with Gasteiger partial charge in [-0.1, -0.05) is 32.1 Å². The SMILES string of the molecule is COc1cc(C)c(C(O)CCC2CCCCC2)cc1OC. The van der Waals surface area contributed by atoms with Crippen molar-refractivity contribution in [3.05, 3.63) is 23.3 Å². The lowest BCUT2D eigenvalue weighted by Crippen LogP contribution is -2.09. The van der Waals surface area contributed by atoms with Gasteiger partial charge >= 0.3 is 0 Å². The van der Waals surface area contributed by atoms with Crippen LogP contribution >= 0.6 is 0 Å². The fourth-order valence-electron chi connectivity index (χ4n) is 3.38. The number of ether oxygens (including phenoxy) is 2. The van der Waals surface area contributed by atoms with E-state index in [1.807, 2.05) is 19.1 Å². The first-order valence-corrected chi connectivity index (χ1v) is 8.06. The van der Waals surface area contributed by atoms with Gasteiger partial charge in [0, 0.05) is 0 Å². The average Bonchev–Trinajstić information content (AvgIpc) is 2.53. The number of hydrogen-bond acceptors (Lipinski definition) is 3. The summed E-state index contributed by atoms with van der Waals surface area (Å²) in [7, 11) is 3.27. The maximum atomic E-state index is 10.5. The van der Waals surface area contributed by atoms with Gasteiger partial charge in [-0.15, -0.1) is 0 Å². The molecule has 118 valence electrons. The van der Waals surface area contributed by atoms with Crippen LogP contribution in [0.5, 0.6) is 11.5 Å². The number of aliphatic hydroxyl groups excluding tert-OH is 1. The molecule has 0 spiro atoms. The van der Waals surface area contributed by atoms with E-state index in [9.17, 15) is 5.11 Å². The Morgan fingerprint density at radius 2 is 1.71 bits per heavy atom.